The van der Waals surface area contributed by atoms with Gasteiger partial charge in [0.15, 0.2) is 17.3 Å². The van der Waals surface area contributed by atoms with E-state index in [9.17, 15) is 0 Å². The van der Waals surface area contributed by atoms with Crippen LogP contribution in [0.3, 0.4) is 0 Å². The molecule has 28 heavy (non-hydrogen) atoms. The number of hydrogen-bond acceptors (Lipinski definition) is 5. The van der Waals surface area contributed by atoms with Crippen molar-refractivity contribution in [1.29, 1.82) is 0 Å². The molecule has 4 aromatic rings. The highest BCUT2D eigenvalue weighted by Crippen LogP contribution is 2.32. The molecule has 3 heterocycles. The number of H-pyrrole nitrogens is 1. The van der Waals surface area contributed by atoms with Gasteiger partial charge >= 0.3 is 0 Å². The Labute approximate surface area is 162 Å². The molecule has 5 rings (SSSR count). The SMILES string of the molecule is CN(Cc1cn[nH]c1-c1cc2ccccc2o1)C[C@H]1COc2ccccc2O1. The lowest BCUT2D eigenvalue weighted by atomic mass is 10.1. The zero-order chi connectivity index (χ0) is 18.9. The Hall–Kier alpha value is -3.25. The summed E-state index contributed by atoms with van der Waals surface area (Å²) < 4.78 is 17.9. The van der Waals surface area contributed by atoms with Gasteiger partial charge in [-0.3, -0.25) is 10.00 Å². The molecule has 1 aliphatic heterocycles. The number of ether oxygens (including phenoxy) is 2. The molecule has 1 N–H and O–H groups in total. The van der Waals surface area contributed by atoms with Gasteiger partial charge in [0.05, 0.1) is 6.20 Å². The fourth-order valence-electron chi connectivity index (χ4n) is 3.61. The summed E-state index contributed by atoms with van der Waals surface area (Å²) in [6.45, 7) is 2.02. The number of nitrogens with zero attached hydrogens (tertiary/aromatic N) is 2. The zero-order valence-corrected chi connectivity index (χ0v) is 15.6. The van der Waals surface area contributed by atoms with Gasteiger partial charge in [0.25, 0.3) is 0 Å². The molecule has 0 aliphatic carbocycles. The maximum Gasteiger partial charge on any atom is 0.161 e. The van der Waals surface area contributed by atoms with Crippen molar-refractivity contribution in [3.63, 3.8) is 0 Å². The quantitative estimate of drug-likeness (QED) is 0.569. The number of fused-ring (bicyclic) bond motifs is 2. The lowest BCUT2D eigenvalue weighted by Gasteiger charge is -2.29. The summed E-state index contributed by atoms with van der Waals surface area (Å²) in [4.78, 5) is 2.21. The van der Waals surface area contributed by atoms with Crippen molar-refractivity contribution in [1.82, 2.24) is 15.1 Å². The third-order valence-corrected chi connectivity index (χ3v) is 4.91. The first kappa shape index (κ1) is 16.9. The van der Waals surface area contributed by atoms with Crippen LogP contribution in [-0.2, 0) is 6.54 Å². The van der Waals surface area contributed by atoms with Crippen molar-refractivity contribution >= 4 is 11.0 Å². The third kappa shape index (κ3) is 3.23. The van der Waals surface area contributed by atoms with E-state index < -0.39 is 0 Å². The molecular formula is C22H21N3O3. The van der Waals surface area contributed by atoms with Crippen LogP contribution in [0.2, 0.25) is 0 Å². The average molecular weight is 375 g/mol. The average Bonchev–Trinajstić information content (AvgIpc) is 3.34. The second-order valence-electron chi connectivity index (χ2n) is 7.11. The maximum absolute atomic E-state index is 6.07. The van der Waals surface area contributed by atoms with Crippen LogP contribution >= 0.6 is 0 Å². The van der Waals surface area contributed by atoms with Gasteiger partial charge in [-0.25, -0.2) is 0 Å². The minimum absolute atomic E-state index is 0.0125. The molecule has 0 saturated heterocycles. The Morgan fingerprint density at radius 3 is 2.82 bits per heavy atom. The number of aromatic amines is 1. The largest absolute Gasteiger partial charge is 0.486 e. The van der Waals surface area contributed by atoms with E-state index in [4.69, 9.17) is 13.9 Å². The molecule has 142 valence electrons. The first-order chi connectivity index (χ1) is 13.8. The molecule has 0 amide bonds. The highest BCUT2D eigenvalue weighted by atomic mass is 16.6. The number of nitrogens with one attached hydrogen (secondary N) is 1. The molecule has 6 heteroatoms. The van der Waals surface area contributed by atoms with Crippen molar-refractivity contribution in [3.05, 3.63) is 66.4 Å². The number of hydrogen-bond donors (Lipinski definition) is 1. The van der Waals surface area contributed by atoms with Gasteiger partial charge in [0.1, 0.15) is 24.0 Å². The van der Waals surface area contributed by atoms with E-state index in [2.05, 4.69) is 22.1 Å². The Morgan fingerprint density at radius 1 is 1.11 bits per heavy atom. The minimum atomic E-state index is -0.0125. The number of para-hydroxylation sites is 3. The van der Waals surface area contributed by atoms with Gasteiger partial charge in [0.2, 0.25) is 0 Å². The second kappa shape index (κ2) is 7.05. The molecule has 1 atom stereocenters. The molecule has 2 aromatic carbocycles. The molecule has 0 saturated carbocycles. The molecule has 0 radical (unpaired) electrons. The highest BCUT2D eigenvalue weighted by Gasteiger charge is 2.23. The Bertz CT molecular complexity index is 1070. The summed E-state index contributed by atoms with van der Waals surface area (Å²) in [6.07, 6.45) is 1.84. The minimum Gasteiger partial charge on any atom is -0.486 e. The van der Waals surface area contributed by atoms with Crippen molar-refractivity contribution in [2.24, 2.45) is 0 Å². The standard InChI is InChI=1S/C22H21N3O3/c1-25(13-17-14-26-19-8-4-5-9-20(19)27-17)12-16-11-23-24-22(16)21-10-15-6-2-3-7-18(15)28-21/h2-11,17H,12-14H2,1H3,(H,23,24)/t17-/m0/s1. The van der Waals surface area contributed by atoms with E-state index in [0.29, 0.717) is 6.61 Å². The van der Waals surface area contributed by atoms with E-state index in [1.807, 2.05) is 60.8 Å². The summed E-state index contributed by atoms with van der Waals surface area (Å²) in [5.41, 5.74) is 2.87. The van der Waals surface area contributed by atoms with Gasteiger partial charge in [0, 0.05) is 24.0 Å². The summed E-state index contributed by atoms with van der Waals surface area (Å²) >= 11 is 0. The van der Waals surface area contributed by atoms with Gasteiger partial charge in [-0.15, -0.1) is 0 Å². The molecule has 0 unspecified atom stereocenters. The van der Waals surface area contributed by atoms with Gasteiger partial charge in [-0.1, -0.05) is 30.3 Å². The maximum atomic E-state index is 6.07. The second-order valence-corrected chi connectivity index (χ2v) is 7.11. The van der Waals surface area contributed by atoms with Crippen LogP contribution in [0.1, 0.15) is 5.56 Å². The van der Waals surface area contributed by atoms with Crippen LogP contribution in [0.5, 0.6) is 11.5 Å². The van der Waals surface area contributed by atoms with Crippen molar-refractivity contribution in [3.8, 4) is 23.0 Å². The molecule has 0 fully saturated rings. The smallest absolute Gasteiger partial charge is 0.161 e. The van der Waals surface area contributed by atoms with Crippen LogP contribution in [0.15, 0.2) is 65.2 Å². The van der Waals surface area contributed by atoms with Crippen molar-refractivity contribution in [2.75, 3.05) is 20.2 Å². The van der Waals surface area contributed by atoms with Crippen LogP contribution < -0.4 is 9.47 Å². The van der Waals surface area contributed by atoms with Crippen LogP contribution in [0.25, 0.3) is 22.4 Å². The van der Waals surface area contributed by atoms with Gasteiger partial charge in [-0.05, 0) is 31.3 Å². The van der Waals surface area contributed by atoms with Crippen molar-refractivity contribution in [2.45, 2.75) is 12.6 Å². The monoisotopic (exact) mass is 375 g/mol. The number of furan rings is 1. The fraction of sp³-hybridized carbons (Fsp3) is 0.227. The number of likely N-dealkylation sites (N-methyl/N-ethyl adjacent to an activating group) is 1. The van der Waals surface area contributed by atoms with E-state index >= 15 is 0 Å². The number of rotatable bonds is 5. The van der Waals surface area contributed by atoms with Crippen LogP contribution in [0.4, 0.5) is 0 Å². The molecule has 0 spiro atoms. The topological polar surface area (TPSA) is 63.5 Å². The number of benzene rings is 2. The zero-order valence-electron chi connectivity index (χ0n) is 15.6. The summed E-state index contributed by atoms with van der Waals surface area (Å²) in [6, 6.07) is 17.8. The van der Waals surface area contributed by atoms with Crippen molar-refractivity contribution < 1.29 is 13.9 Å². The lowest BCUT2D eigenvalue weighted by molar-refractivity contribution is 0.0638. The molecule has 1 aliphatic rings. The number of aromatic nitrogens is 2. The van der Waals surface area contributed by atoms with Crippen LogP contribution in [-0.4, -0.2) is 41.4 Å². The first-order valence-corrected chi connectivity index (χ1v) is 9.34. The Morgan fingerprint density at radius 2 is 1.93 bits per heavy atom. The molecule has 0 bridgehead atoms. The van der Waals surface area contributed by atoms with E-state index in [-0.39, 0.29) is 6.10 Å². The first-order valence-electron chi connectivity index (χ1n) is 9.34. The normalized spacial score (nSPS) is 16.0. The lowest BCUT2D eigenvalue weighted by Crippen LogP contribution is -2.39. The third-order valence-electron chi connectivity index (χ3n) is 4.91. The molecule has 2 aromatic heterocycles. The van der Waals surface area contributed by atoms with Gasteiger partial charge in [-0.2, -0.15) is 5.10 Å². The van der Waals surface area contributed by atoms with E-state index in [1.54, 1.807) is 0 Å². The molecule has 6 nitrogen and oxygen atoms in total. The van der Waals surface area contributed by atoms with E-state index in [1.165, 1.54) is 0 Å². The summed E-state index contributed by atoms with van der Waals surface area (Å²) in [5.74, 6) is 2.41. The predicted octanol–water partition coefficient (Wildman–Crippen LogP) is 4.09. The Kier molecular flexibility index (Phi) is 4.25. The predicted molar refractivity (Wildman–Crippen MR) is 106 cm³/mol. The summed E-state index contributed by atoms with van der Waals surface area (Å²) in [5, 5.41) is 8.39. The Balaban J connectivity index is 1.29. The molecular weight excluding hydrogens is 354 g/mol. The highest BCUT2D eigenvalue weighted by molar-refractivity contribution is 5.82. The summed E-state index contributed by atoms with van der Waals surface area (Å²) in [7, 11) is 2.07. The van der Waals surface area contributed by atoms with E-state index in [0.717, 1.165) is 52.6 Å². The fourth-order valence-corrected chi connectivity index (χ4v) is 3.61. The van der Waals surface area contributed by atoms with Crippen LogP contribution in [0, 0.1) is 0 Å². The van der Waals surface area contributed by atoms with Gasteiger partial charge < -0.3 is 13.9 Å².